The molecule has 0 bridgehead atoms. The van der Waals surface area contributed by atoms with E-state index in [1.54, 1.807) is 18.4 Å². The second kappa shape index (κ2) is 8.85. The fourth-order valence-corrected chi connectivity index (χ4v) is 3.24. The van der Waals surface area contributed by atoms with Gasteiger partial charge in [0.25, 0.3) is 11.8 Å². The number of aromatic nitrogens is 2. The molecule has 0 unspecified atom stereocenters. The summed E-state index contributed by atoms with van der Waals surface area (Å²) in [5.74, 6) is 0.513. The predicted molar refractivity (Wildman–Crippen MR) is 101 cm³/mol. The summed E-state index contributed by atoms with van der Waals surface area (Å²) in [5.41, 5.74) is 1.19. The predicted octanol–water partition coefficient (Wildman–Crippen LogP) is 1.42. The summed E-state index contributed by atoms with van der Waals surface area (Å²) < 4.78 is 7.14. The molecule has 0 aromatic carbocycles. The van der Waals surface area contributed by atoms with Crippen LogP contribution >= 0.6 is 0 Å². The van der Waals surface area contributed by atoms with Crippen LogP contribution in [0.15, 0.2) is 22.8 Å². The zero-order valence-electron chi connectivity index (χ0n) is 16.0. The molecule has 3 heterocycles. The molecule has 0 atom stereocenters. The van der Waals surface area contributed by atoms with Crippen molar-refractivity contribution in [1.82, 2.24) is 25.1 Å². The molecule has 3 rings (SSSR count). The summed E-state index contributed by atoms with van der Waals surface area (Å²) in [6, 6.07) is 3.58. The second-order valence-electron chi connectivity index (χ2n) is 7.01. The third-order valence-corrected chi connectivity index (χ3v) is 4.61. The monoisotopic (exact) mass is 373 g/mol. The standard InChI is InChI=1S/C19H27N5O3/c1-23(2)10-6-9-20-19(26)17-22-16(15-8-3-4-11-24(15)17)18(25)21-13-14-7-5-12-27-14/h5,7,12H,3-4,6,8-11,13H2,1-2H3,(H,20,26)(H,21,25). The molecule has 0 spiro atoms. The lowest BCUT2D eigenvalue weighted by Crippen LogP contribution is -2.30. The Labute approximate surface area is 158 Å². The maximum atomic E-state index is 12.6. The molecule has 2 aromatic heterocycles. The quantitative estimate of drug-likeness (QED) is 0.683. The molecule has 0 aliphatic carbocycles. The molecule has 0 saturated heterocycles. The van der Waals surface area contributed by atoms with Crippen LogP contribution in [-0.4, -0.2) is 53.5 Å². The number of nitrogens with zero attached hydrogens (tertiary/aromatic N) is 3. The van der Waals surface area contributed by atoms with Crippen LogP contribution < -0.4 is 10.6 Å². The van der Waals surface area contributed by atoms with Crippen molar-refractivity contribution in [3.05, 3.63) is 41.4 Å². The Bertz CT molecular complexity index is 780. The van der Waals surface area contributed by atoms with Gasteiger partial charge in [0.2, 0.25) is 0 Å². The Morgan fingerprint density at radius 1 is 1.26 bits per heavy atom. The minimum Gasteiger partial charge on any atom is -0.467 e. The van der Waals surface area contributed by atoms with Crippen molar-refractivity contribution in [2.75, 3.05) is 27.2 Å². The number of carbonyl (C=O) groups is 2. The highest BCUT2D eigenvalue weighted by Gasteiger charge is 2.27. The van der Waals surface area contributed by atoms with Crippen molar-refractivity contribution in [2.45, 2.75) is 38.8 Å². The highest BCUT2D eigenvalue weighted by atomic mass is 16.3. The van der Waals surface area contributed by atoms with Gasteiger partial charge in [0.1, 0.15) is 11.5 Å². The molecule has 0 saturated carbocycles. The third kappa shape index (κ3) is 4.77. The van der Waals surface area contributed by atoms with E-state index in [-0.39, 0.29) is 11.8 Å². The average molecular weight is 373 g/mol. The van der Waals surface area contributed by atoms with Crippen molar-refractivity contribution in [3.8, 4) is 0 Å². The van der Waals surface area contributed by atoms with Gasteiger partial charge in [0.05, 0.1) is 18.5 Å². The van der Waals surface area contributed by atoms with Gasteiger partial charge in [-0.25, -0.2) is 4.98 Å². The van der Waals surface area contributed by atoms with E-state index in [4.69, 9.17) is 4.42 Å². The van der Waals surface area contributed by atoms with E-state index in [0.29, 0.717) is 36.9 Å². The highest BCUT2D eigenvalue weighted by molar-refractivity contribution is 5.97. The number of carbonyl (C=O) groups excluding carboxylic acids is 2. The van der Waals surface area contributed by atoms with Crippen LogP contribution in [0.1, 0.15) is 51.8 Å². The van der Waals surface area contributed by atoms with Crippen LogP contribution in [0.2, 0.25) is 0 Å². The second-order valence-corrected chi connectivity index (χ2v) is 7.01. The number of amides is 2. The molecule has 0 fully saturated rings. The summed E-state index contributed by atoms with van der Waals surface area (Å²) >= 11 is 0. The first kappa shape index (κ1) is 19.2. The van der Waals surface area contributed by atoms with E-state index < -0.39 is 0 Å². The lowest BCUT2D eigenvalue weighted by Gasteiger charge is -2.17. The minimum atomic E-state index is -0.274. The number of rotatable bonds is 8. The van der Waals surface area contributed by atoms with Gasteiger partial charge in [-0.3, -0.25) is 9.59 Å². The van der Waals surface area contributed by atoms with E-state index in [1.807, 2.05) is 18.7 Å². The van der Waals surface area contributed by atoms with E-state index in [1.165, 1.54) is 0 Å². The number of furan rings is 1. The van der Waals surface area contributed by atoms with E-state index in [0.717, 1.165) is 37.9 Å². The number of nitrogens with one attached hydrogen (secondary N) is 2. The van der Waals surface area contributed by atoms with E-state index in [9.17, 15) is 9.59 Å². The summed E-state index contributed by atoms with van der Waals surface area (Å²) in [7, 11) is 4.00. The van der Waals surface area contributed by atoms with Gasteiger partial charge >= 0.3 is 0 Å². The first-order chi connectivity index (χ1) is 13.1. The van der Waals surface area contributed by atoms with Crippen LogP contribution in [0.3, 0.4) is 0 Å². The SMILES string of the molecule is CN(C)CCCNC(=O)c1nc(C(=O)NCc2ccco2)c2n1CCCC2. The maximum Gasteiger partial charge on any atom is 0.287 e. The van der Waals surface area contributed by atoms with Gasteiger partial charge in [-0.1, -0.05) is 0 Å². The third-order valence-electron chi connectivity index (χ3n) is 4.61. The van der Waals surface area contributed by atoms with E-state index >= 15 is 0 Å². The molecule has 146 valence electrons. The molecular formula is C19H27N5O3. The molecule has 8 nitrogen and oxygen atoms in total. The largest absolute Gasteiger partial charge is 0.467 e. The van der Waals surface area contributed by atoms with E-state index in [2.05, 4.69) is 20.5 Å². The lowest BCUT2D eigenvalue weighted by molar-refractivity contribution is 0.0936. The normalized spacial score (nSPS) is 13.4. The fourth-order valence-electron chi connectivity index (χ4n) is 3.24. The molecule has 8 heteroatoms. The van der Waals surface area contributed by atoms with Crippen molar-refractivity contribution in [1.29, 1.82) is 0 Å². The Hall–Kier alpha value is -2.61. The Morgan fingerprint density at radius 3 is 2.85 bits per heavy atom. The molecular weight excluding hydrogens is 346 g/mol. The van der Waals surface area contributed by atoms with Crippen LogP contribution in [0.4, 0.5) is 0 Å². The zero-order chi connectivity index (χ0) is 19.2. The zero-order valence-corrected chi connectivity index (χ0v) is 16.0. The van der Waals surface area contributed by atoms with Crippen molar-refractivity contribution in [3.63, 3.8) is 0 Å². The molecule has 2 aromatic rings. The molecule has 1 aliphatic heterocycles. The van der Waals surface area contributed by atoms with Gasteiger partial charge < -0.3 is 24.5 Å². The molecule has 0 radical (unpaired) electrons. The Kier molecular flexibility index (Phi) is 6.28. The maximum absolute atomic E-state index is 12.6. The number of hydrogen-bond donors (Lipinski definition) is 2. The molecule has 27 heavy (non-hydrogen) atoms. The molecule has 1 aliphatic rings. The highest BCUT2D eigenvalue weighted by Crippen LogP contribution is 2.21. The summed E-state index contributed by atoms with van der Waals surface area (Å²) in [4.78, 5) is 31.7. The van der Waals surface area contributed by atoms with Gasteiger partial charge in [-0.05, 0) is 58.5 Å². The summed E-state index contributed by atoms with van der Waals surface area (Å²) in [6.45, 7) is 2.50. The number of fused-ring (bicyclic) bond motifs is 1. The van der Waals surface area contributed by atoms with Crippen molar-refractivity contribution in [2.24, 2.45) is 0 Å². The smallest absolute Gasteiger partial charge is 0.287 e. The van der Waals surface area contributed by atoms with Gasteiger partial charge in [-0.15, -0.1) is 0 Å². The first-order valence-corrected chi connectivity index (χ1v) is 9.39. The number of imidazole rings is 1. The lowest BCUT2D eigenvalue weighted by atomic mass is 10.1. The minimum absolute atomic E-state index is 0.220. The van der Waals surface area contributed by atoms with Crippen molar-refractivity contribution < 1.29 is 14.0 Å². The van der Waals surface area contributed by atoms with Gasteiger partial charge in [-0.2, -0.15) is 0 Å². The van der Waals surface area contributed by atoms with Crippen molar-refractivity contribution >= 4 is 11.8 Å². The Balaban J connectivity index is 1.69. The molecule has 2 N–H and O–H groups in total. The van der Waals surface area contributed by atoms with Crippen LogP contribution in [0.5, 0.6) is 0 Å². The fraction of sp³-hybridized carbons (Fsp3) is 0.526. The Morgan fingerprint density at radius 2 is 2.11 bits per heavy atom. The van der Waals surface area contributed by atoms with Crippen LogP contribution in [0, 0.1) is 0 Å². The first-order valence-electron chi connectivity index (χ1n) is 9.39. The van der Waals surface area contributed by atoms with Gasteiger partial charge in [0, 0.05) is 13.1 Å². The molecule has 2 amide bonds. The number of hydrogen-bond acceptors (Lipinski definition) is 5. The van der Waals surface area contributed by atoms with Crippen LogP contribution in [-0.2, 0) is 19.5 Å². The average Bonchev–Trinajstić information content (AvgIpc) is 3.30. The summed E-state index contributed by atoms with van der Waals surface area (Å²) in [6.07, 6.45) is 5.16. The summed E-state index contributed by atoms with van der Waals surface area (Å²) in [5, 5.41) is 5.74. The van der Waals surface area contributed by atoms with Gasteiger partial charge in [0.15, 0.2) is 5.82 Å². The topological polar surface area (TPSA) is 92.4 Å². The van der Waals surface area contributed by atoms with Crippen LogP contribution in [0.25, 0.3) is 0 Å².